The zero-order chi connectivity index (χ0) is 11.2. The van der Waals surface area contributed by atoms with Crippen LogP contribution in [0.4, 0.5) is 0 Å². The third-order valence-corrected chi connectivity index (χ3v) is 4.83. The van der Waals surface area contributed by atoms with Gasteiger partial charge in [-0.15, -0.1) is 0 Å². The van der Waals surface area contributed by atoms with E-state index in [0.717, 1.165) is 19.0 Å². The van der Waals surface area contributed by atoms with Crippen molar-refractivity contribution in [3.8, 4) is 0 Å². The highest BCUT2D eigenvalue weighted by atomic mass is 79.9. The molecule has 0 unspecified atom stereocenters. The molecule has 1 fully saturated rings. The molecule has 0 aliphatic carbocycles. The Bertz CT molecular complexity index is 323. The van der Waals surface area contributed by atoms with Crippen LogP contribution < -0.4 is 5.32 Å². The van der Waals surface area contributed by atoms with Crippen molar-refractivity contribution >= 4 is 27.7 Å². The number of hydrogen-bond donors (Lipinski definition) is 1. The van der Waals surface area contributed by atoms with Crippen molar-refractivity contribution < 1.29 is 0 Å². The first kappa shape index (κ1) is 12.5. The Kier molecular flexibility index (Phi) is 5.20. The number of rotatable bonds is 4. The first-order chi connectivity index (χ1) is 7.86. The third kappa shape index (κ3) is 3.79. The molecule has 1 aromatic rings. The second-order valence-electron chi connectivity index (χ2n) is 4.18. The SMILES string of the molecule is Brc1ccccc1CCNC1CCSCC1. The zero-order valence-electron chi connectivity index (χ0n) is 9.42. The van der Waals surface area contributed by atoms with Gasteiger partial charge in [-0.1, -0.05) is 34.1 Å². The summed E-state index contributed by atoms with van der Waals surface area (Å²) >= 11 is 5.67. The van der Waals surface area contributed by atoms with E-state index in [0.29, 0.717) is 0 Å². The predicted octanol–water partition coefficient (Wildman–Crippen LogP) is 3.48. The summed E-state index contributed by atoms with van der Waals surface area (Å²) in [6.45, 7) is 1.10. The molecule has 1 saturated heterocycles. The van der Waals surface area contributed by atoms with E-state index >= 15 is 0 Å². The molecule has 0 saturated carbocycles. The van der Waals surface area contributed by atoms with Crippen LogP contribution in [0.3, 0.4) is 0 Å². The highest BCUT2D eigenvalue weighted by Crippen LogP contribution is 2.18. The summed E-state index contributed by atoms with van der Waals surface area (Å²) < 4.78 is 1.23. The Balaban J connectivity index is 1.73. The lowest BCUT2D eigenvalue weighted by molar-refractivity contribution is 0.486. The summed E-state index contributed by atoms with van der Waals surface area (Å²) in [5, 5.41) is 3.66. The van der Waals surface area contributed by atoms with Crippen molar-refractivity contribution in [1.82, 2.24) is 5.32 Å². The highest BCUT2D eigenvalue weighted by Gasteiger charge is 2.12. The molecule has 1 N–H and O–H groups in total. The minimum atomic E-state index is 0.753. The molecule has 1 aromatic carbocycles. The van der Waals surface area contributed by atoms with Crippen molar-refractivity contribution in [3.05, 3.63) is 34.3 Å². The molecular weight excluding hydrogens is 282 g/mol. The predicted molar refractivity (Wildman–Crippen MR) is 76.2 cm³/mol. The van der Waals surface area contributed by atoms with Crippen LogP contribution in [0, 0.1) is 0 Å². The van der Waals surface area contributed by atoms with Crippen molar-refractivity contribution in [2.75, 3.05) is 18.1 Å². The summed E-state index contributed by atoms with van der Waals surface area (Å²) in [7, 11) is 0. The molecule has 0 amide bonds. The summed E-state index contributed by atoms with van der Waals surface area (Å²) in [5.41, 5.74) is 1.40. The molecule has 0 radical (unpaired) electrons. The van der Waals surface area contributed by atoms with Crippen LogP contribution in [0.15, 0.2) is 28.7 Å². The van der Waals surface area contributed by atoms with Crippen molar-refractivity contribution in [2.24, 2.45) is 0 Å². The Morgan fingerprint density at radius 1 is 1.25 bits per heavy atom. The van der Waals surface area contributed by atoms with Crippen LogP contribution in [-0.2, 0) is 6.42 Å². The second-order valence-corrected chi connectivity index (χ2v) is 6.26. The van der Waals surface area contributed by atoms with Gasteiger partial charge in [0.05, 0.1) is 0 Å². The van der Waals surface area contributed by atoms with E-state index in [4.69, 9.17) is 0 Å². The topological polar surface area (TPSA) is 12.0 Å². The number of thioether (sulfide) groups is 1. The van der Waals surface area contributed by atoms with Gasteiger partial charge in [-0.2, -0.15) is 11.8 Å². The molecule has 16 heavy (non-hydrogen) atoms. The van der Waals surface area contributed by atoms with Crippen LogP contribution in [0.1, 0.15) is 18.4 Å². The van der Waals surface area contributed by atoms with Gasteiger partial charge in [0.25, 0.3) is 0 Å². The van der Waals surface area contributed by atoms with Crippen LogP contribution >= 0.6 is 27.7 Å². The maximum Gasteiger partial charge on any atom is 0.0207 e. The largest absolute Gasteiger partial charge is 0.314 e. The van der Waals surface area contributed by atoms with E-state index in [1.165, 1.54) is 34.4 Å². The van der Waals surface area contributed by atoms with E-state index in [1.54, 1.807) is 0 Å². The van der Waals surface area contributed by atoms with Gasteiger partial charge in [0.1, 0.15) is 0 Å². The molecule has 0 spiro atoms. The van der Waals surface area contributed by atoms with E-state index in [2.05, 4.69) is 57.3 Å². The molecule has 0 aromatic heterocycles. The maximum absolute atomic E-state index is 3.66. The lowest BCUT2D eigenvalue weighted by atomic mass is 10.1. The Hall–Kier alpha value is 0.01000. The first-order valence-corrected chi connectivity index (χ1v) is 7.85. The van der Waals surface area contributed by atoms with E-state index < -0.39 is 0 Å². The van der Waals surface area contributed by atoms with Crippen LogP contribution in [0.2, 0.25) is 0 Å². The van der Waals surface area contributed by atoms with E-state index in [1.807, 2.05) is 0 Å². The average Bonchev–Trinajstić information content (AvgIpc) is 2.33. The van der Waals surface area contributed by atoms with Crippen molar-refractivity contribution in [2.45, 2.75) is 25.3 Å². The molecule has 88 valence electrons. The van der Waals surface area contributed by atoms with Crippen molar-refractivity contribution in [1.29, 1.82) is 0 Å². The van der Waals surface area contributed by atoms with Gasteiger partial charge in [0, 0.05) is 10.5 Å². The number of hydrogen-bond acceptors (Lipinski definition) is 2. The Morgan fingerprint density at radius 2 is 2.00 bits per heavy atom. The van der Waals surface area contributed by atoms with E-state index in [9.17, 15) is 0 Å². The summed E-state index contributed by atoms with van der Waals surface area (Å²) in [6, 6.07) is 9.25. The monoisotopic (exact) mass is 299 g/mol. The minimum Gasteiger partial charge on any atom is -0.314 e. The van der Waals surface area contributed by atoms with Crippen LogP contribution in [-0.4, -0.2) is 24.1 Å². The van der Waals surface area contributed by atoms with Crippen molar-refractivity contribution in [3.63, 3.8) is 0 Å². The maximum atomic E-state index is 3.66. The normalized spacial score (nSPS) is 17.6. The second kappa shape index (κ2) is 6.67. The molecule has 1 aliphatic heterocycles. The van der Waals surface area contributed by atoms with Gasteiger partial charge in [-0.25, -0.2) is 0 Å². The Labute approximate surface area is 111 Å². The molecule has 1 heterocycles. The lowest BCUT2D eigenvalue weighted by Gasteiger charge is -2.22. The number of benzene rings is 1. The fourth-order valence-electron chi connectivity index (χ4n) is 2.01. The third-order valence-electron chi connectivity index (χ3n) is 3.01. The molecule has 2 rings (SSSR count). The Morgan fingerprint density at radius 3 is 2.75 bits per heavy atom. The fourth-order valence-corrected chi connectivity index (χ4v) is 3.60. The molecule has 1 nitrogen and oxygen atoms in total. The number of nitrogens with one attached hydrogen (secondary N) is 1. The molecule has 1 aliphatic rings. The smallest absolute Gasteiger partial charge is 0.0207 e. The van der Waals surface area contributed by atoms with Gasteiger partial charge < -0.3 is 5.32 Å². The number of halogens is 1. The van der Waals surface area contributed by atoms with Crippen LogP contribution in [0.5, 0.6) is 0 Å². The summed E-state index contributed by atoms with van der Waals surface area (Å²) in [4.78, 5) is 0. The molecule has 0 bridgehead atoms. The quantitative estimate of drug-likeness (QED) is 0.913. The van der Waals surface area contributed by atoms with Gasteiger partial charge in [-0.3, -0.25) is 0 Å². The lowest BCUT2D eigenvalue weighted by Crippen LogP contribution is -2.33. The standard InChI is InChI=1S/C13H18BrNS/c14-13-4-2-1-3-11(13)5-8-15-12-6-9-16-10-7-12/h1-4,12,15H,5-10H2. The molecule has 0 atom stereocenters. The van der Waals surface area contributed by atoms with Crippen LogP contribution in [0.25, 0.3) is 0 Å². The van der Waals surface area contributed by atoms with Gasteiger partial charge in [0.15, 0.2) is 0 Å². The average molecular weight is 300 g/mol. The molecular formula is C13H18BrNS. The first-order valence-electron chi connectivity index (χ1n) is 5.91. The van der Waals surface area contributed by atoms with E-state index in [-0.39, 0.29) is 0 Å². The minimum absolute atomic E-state index is 0.753. The van der Waals surface area contributed by atoms with Gasteiger partial charge >= 0.3 is 0 Å². The molecule has 3 heteroatoms. The fraction of sp³-hybridized carbons (Fsp3) is 0.538. The summed E-state index contributed by atoms with van der Waals surface area (Å²) in [5.74, 6) is 2.65. The van der Waals surface area contributed by atoms with Gasteiger partial charge in [-0.05, 0) is 48.9 Å². The zero-order valence-corrected chi connectivity index (χ0v) is 11.8. The summed E-state index contributed by atoms with van der Waals surface area (Å²) in [6.07, 6.45) is 3.78. The van der Waals surface area contributed by atoms with Gasteiger partial charge in [0.2, 0.25) is 0 Å². The highest BCUT2D eigenvalue weighted by molar-refractivity contribution is 9.10.